The molecule has 14 heteroatoms. The molecule has 0 atom stereocenters. The fraction of sp³-hybridized carbons (Fsp3) is 0.343. The maximum absolute atomic E-state index is 13.7. The SMILES string of the molecule is CC(=O)c1ccc(COCCOCCOCCN(c2cc3oc(-c4ccc(F)cc4)c(C(=O)OC(N)=O)c3cc2C2CC2)S(C)(=O)=O)cc1. The second-order valence-electron chi connectivity index (χ2n) is 11.6. The van der Waals surface area contributed by atoms with Crippen LogP contribution in [0.1, 0.15) is 57.5 Å². The number of sulfonamides is 1. The number of hydrogen-bond acceptors (Lipinski definition) is 10. The number of furan rings is 1. The number of fused-ring (bicyclic) bond motifs is 1. The first-order valence-corrected chi connectivity index (χ1v) is 17.5. The summed E-state index contributed by atoms with van der Waals surface area (Å²) in [7, 11) is -3.79. The van der Waals surface area contributed by atoms with E-state index in [1.165, 1.54) is 35.5 Å². The van der Waals surface area contributed by atoms with Crippen LogP contribution < -0.4 is 10.0 Å². The molecule has 1 aliphatic rings. The van der Waals surface area contributed by atoms with Gasteiger partial charge in [0.05, 0.1) is 58.1 Å². The van der Waals surface area contributed by atoms with E-state index in [1.807, 2.05) is 12.1 Å². The minimum atomic E-state index is -3.79. The van der Waals surface area contributed by atoms with Crippen molar-refractivity contribution in [2.24, 2.45) is 5.73 Å². The number of anilines is 1. The molecule has 1 heterocycles. The molecule has 0 saturated heterocycles. The van der Waals surface area contributed by atoms with Gasteiger partial charge in [-0.05, 0) is 67.1 Å². The van der Waals surface area contributed by atoms with Crippen molar-refractivity contribution in [1.82, 2.24) is 0 Å². The van der Waals surface area contributed by atoms with E-state index in [0.717, 1.165) is 24.7 Å². The first kappa shape index (κ1) is 35.7. The molecule has 2 N–H and O–H groups in total. The molecule has 3 aromatic carbocycles. The first-order chi connectivity index (χ1) is 23.4. The zero-order chi connectivity index (χ0) is 35.1. The van der Waals surface area contributed by atoms with Crippen LogP contribution in [-0.4, -0.2) is 72.1 Å². The Morgan fingerprint density at radius 3 is 2.14 bits per heavy atom. The Morgan fingerprint density at radius 2 is 1.55 bits per heavy atom. The number of halogens is 1. The van der Waals surface area contributed by atoms with Crippen LogP contribution in [-0.2, 0) is 35.6 Å². The van der Waals surface area contributed by atoms with Gasteiger partial charge >= 0.3 is 12.1 Å². The predicted octanol–water partition coefficient (Wildman–Crippen LogP) is 5.57. The van der Waals surface area contributed by atoms with E-state index in [2.05, 4.69) is 0 Å². The van der Waals surface area contributed by atoms with Crippen molar-refractivity contribution in [2.45, 2.75) is 32.3 Å². The number of carbonyl (C=O) groups is 3. The molecule has 0 spiro atoms. The summed E-state index contributed by atoms with van der Waals surface area (Å²) in [4.78, 5) is 35.9. The van der Waals surface area contributed by atoms with Crippen molar-refractivity contribution in [2.75, 3.05) is 50.1 Å². The predicted molar refractivity (Wildman–Crippen MR) is 179 cm³/mol. The Kier molecular flexibility index (Phi) is 11.4. The third-order valence-electron chi connectivity index (χ3n) is 7.84. The molecule has 1 saturated carbocycles. The van der Waals surface area contributed by atoms with Crippen molar-refractivity contribution < 1.29 is 50.6 Å². The summed E-state index contributed by atoms with van der Waals surface area (Å²) >= 11 is 0. The van der Waals surface area contributed by atoms with E-state index < -0.39 is 27.9 Å². The lowest BCUT2D eigenvalue weighted by atomic mass is 10.0. The van der Waals surface area contributed by atoms with E-state index in [1.54, 1.807) is 24.3 Å². The highest BCUT2D eigenvalue weighted by molar-refractivity contribution is 7.92. The molecule has 0 aliphatic heterocycles. The van der Waals surface area contributed by atoms with E-state index in [4.69, 9.17) is 29.1 Å². The monoisotopic (exact) mass is 696 g/mol. The third kappa shape index (κ3) is 9.29. The van der Waals surface area contributed by atoms with Crippen LogP contribution in [0.3, 0.4) is 0 Å². The molecule has 4 aromatic rings. The summed E-state index contributed by atoms with van der Waals surface area (Å²) in [6.07, 6.45) is 1.41. The van der Waals surface area contributed by atoms with Crippen LogP contribution in [0.5, 0.6) is 0 Å². The standard InChI is InChI=1S/C35H37FN2O10S/c1-22(39)24-5-3-23(4-6-24)21-46-18-17-45-16-15-44-14-13-38(49(2,42)43)30-20-31-29(19-28(30)25-7-8-25)32(34(40)48-35(37)41)33(47-31)26-9-11-27(36)12-10-26/h3-6,9-12,19-20,25H,7-8,13-18,21H2,1-2H3,(H2,37,41). The number of nitrogens with two attached hydrogens (primary N) is 1. The second-order valence-corrected chi connectivity index (χ2v) is 13.5. The number of primary amides is 1. The highest BCUT2D eigenvalue weighted by atomic mass is 32.2. The largest absolute Gasteiger partial charge is 0.455 e. The van der Waals surface area contributed by atoms with Crippen LogP contribution in [0.25, 0.3) is 22.3 Å². The summed E-state index contributed by atoms with van der Waals surface area (Å²) in [5.74, 6) is -1.50. The van der Waals surface area contributed by atoms with Crippen molar-refractivity contribution >= 4 is 44.5 Å². The van der Waals surface area contributed by atoms with Gasteiger partial charge in [-0.2, -0.15) is 0 Å². The van der Waals surface area contributed by atoms with Crippen molar-refractivity contribution in [3.63, 3.8) is 0 Å². The lowest BCUT2D eigenvalue weighted by Crippen LogP contribution is -2.34. The number of ketones is 1. The maximum Gasteiger partial charge on any atom is 0.412 e. The number of rotatable bonds is 17. The Labute approximate surface area is 282 Å². The van der Waals surface area contributed by atoms with Crippen molar-refractivity contribution in [3.05, 3.63) is 88.7 Å². The molecule has 0 unspecified atom stereocenters. The minimum absolute atomic E-state index is 0.00229. The molecule has 1 fully saturated rings. The van der Waals surface area contributed by atoms with Gasteiger partial charge in [0.2, 0.25) is 10.0 Å². The third-order valence-corrected chi connectivity index (χ3v) is 9.02. The van der Waals surface area contributed by atoms with Gasteiger partial charge < -0.3 is 29.1 Å². The van der Waals surface area contributed by atoms with Crippen molar-refractivity contribution in [1.29, 1.82) is 0 Å². The molecule has 1 amide bonds. The Bertz CT molecular complexity index is 1920. The molecular formula is C35H37FN2O10S. The van der Waals surface area contributed by atoms with E-state index in [9.17, 15) is 27.2 Å². The average molecular weight is 697 g/mol. The summed E-state index contributed by atoms with van der Waals surface area (Å²) < 4.78 is 68.6. The number of amides is 1. The lowest BCUT2D eigenvalue weighted by Gasteiger charge is -2.25. The molecular weight excluding hydrogens is 659 g/mol. The summed E-state index contributed by atoms with van der Waals surface area (Å²) in [5.41, 5.74) is 8.17. The molecule has 0 radical (unpaired) electrons. The van der Waals surface area contributed by atoms with Gasteiger partial charge in [-0.3, -0.25) is 9.10 Å². The number of hydrogen-bond donors (Lipinski definition) is 1. The number of esters is 1. The van der Waals surface area contributed by atoms with Gasteiger partial charge in [0.25, 0.3) is 0 Å². The average Bonchev–Trinajstić information content (AvgIpc) is 3.83. The van der Waals surface area contributed by atoms with Crippen LogP contribution in [0.2, 0.25) is 0 Å². The van der Waals surface area contributed by atoms with Crippen LogP contribution >= 0.6 is 0 Å². The zero-order valence-electron chi connectivity index (χ0n) is 27.1. The normalized spacial score (nSPS) is 13.0. The highest BCUT2D eigenvalue weighted by Crippen LogP contribution is 2.48. The summed E-state index contributed by atoms with van der Waals surface area (Å²) in [6.45, 7) is 3.17. The molecule has 260 valence electrons. The molecule has 1 aliphatic carbocycles. The topological polar surface area (TPSA) is 165 Å². The number of nitrogens with zero attached hydrogens (tertiary/aromatic N) is 1. The maximum atomic E-state index is 13.7. The second kappa shape index (κ2) is 15.7. The van der Waals surface area contributed by atoms with E-state index in [-0.39, 0.29) is 55.0 Å². The fourth-order valence-corrected chi connectivity index (χ4v) is 6.24. The highest BCUT2D eigenvalue weighted by Gasteiger charge is 2.33. The number of benzene rings is 3. The van der Waals surface area contributed by atoms with Crippen molar-refractivity contribution in [3.8, 4) is 11.3 Å². The molecule has 0 bridgehead atoms. The minimum Gasteiger partial charge on any atom is -0.455 e. The van der Waals surface area contributed by atoms with Gasteiger partial charge in [-0.1, -0.05) is 24.3 Å². The number of Topliss-reactive ketones (excluding diaryl/α,β-unsaturated/α-hetero) is 1. The molecule has 1 aromatic heterocycles. The van der Waals surface area contributed by atoms with Gasteiger partial charge in [0.15, 0.2) is 5.78 Å². The quantitative estimate of drug-likeness (QED) is 0.0639. The van der Waals surface area contributed by atoms with Crippen LogP contribution in [0.4, 0.5) is 14.9 Å². The molecule has 5 rings (SSSR count). The van der Waals surface area contributed by atoms with Gasteiger partial charge in [-0.25, -0.2) is 22.4 Å². The summed E-state index contributed by atoms with van der Waals surface area (Å²) in [6, 6.07) is 15.6. The van der Waals surface area contributed by atoms with E-state index in [0.29, 0.717) is 47.6 Å². The van der Waals surface area contributed by atoms with Crippen LogP contribution in [0, 0.1) is 5.82 Å². The number of carbonyl (C=O) groups excluding carboxylic acids is 3. The fourth-order valence-electron chi connectivity index (χ4n) is 5.31. The Balaban J connectivity index is 1.23. The van der Waals surface area contributed by atoms with Gasteiger partial charge in [-0.15, -0.1) is 0 Å². The Hall–Kier alpha value is -4.63. The zero-order valence-corrected chi connectivity index (χ0v) is 27.9. The van der Waals surface area contributed by atoms with Gasteiger partial charge in [0, 0.05) is 22.6 Å². The Morgan fingerprint density at radius 1 is 0.918 bits per heavy atom. The van der Waals surface area contributed by atoms with E-state index >= 15 is 0 Å². The molecule has 49 heavy (non-hydrogen) atoms. The summed E-state index contributed by atoms with van der Waals surface area (Å²) in [5, 5.41) is 0.299. The molecule has 12 nitrogen and oxygen atoms in total. The first-order valence-electron chi connectivity index (χ1n) is 15.6. The van der Waals surface area contributed by atoms with Crippen LogP contribution in [0.15, 0.2) is 65.1 Å². The lowest BCUT2D eigenvalue weighted by molar-refractivity contribution is 0.0120. The smallest absolute Gasteiger partial charge is 0.412 e. The van der Waals surface area contributed by atoms with Gasteiger partial charge in [0.1, 0.15) is 22.7 Å². The number of ether oxygens (including phenoxy) is 4.